The normalized spacial score (nSPS) is 22.7. The van der Waals surface area contributed by atoms with Gasteiger partial charge in [0.2, 0.25) is 0 Å². The van der Waals surface area contributed by atoms with Gasteiger partial charge in [-0.25, -0.2) is 20.9 Å². The number of aliphatic imine (C=N–C) groups is 1. The van der Waals surface area contributed by atoms with Crippen molar-refractivity contribution in [1.82, 2.24) is 19.4 Å². The highest BCUT2D eigenvalue weighted by molar-refractivity contribution is 14.1. The topological polar surface area (TPSA) is 100 Å². The molecule has 0 amide bonds. The molecule has 2 N–H and O–H groups in total. The van der Waals surface area contributed by atoms with E-state index in [1.54, 1.807) is 6.34 Å². The second kappa shape index (κ2) is 9.39. The molecule has 11 heteroatoms. The number of rotatable bonds is 7. The van der Waals surface area contributed by atoms with Crippen molar-refractivity contribution in [3.05, 3.63) is 16.1 Å². The Kier molecular flexibility index (Phi) is 7.43. The number of aromatic nitrogens is 3. The lowest BCUT2D eigenvalue weighted by Gasteiger charge is -2.37. The third kappa shape index (κ3) is 5.28. The van der Waals surface area contributed by atoms with Gasteiger partial charge in [-0.15, -0.1) is 0 Å². The molecule has 31 heavy (non-hydrogen) atoms. The van der Waals surface area contributed by atoms with Crippen molar-refractivity contribution in [1.29, 1.82) is 0 Å². The summed E-state index contributed by atoms with van der Waals surface area (Å²) in [5.74, 6) is 6.24. The highest BCUT2D eigenvalue weighted by Gasteiger charge is 2.42. The first-order valence-electron chi connectivity index (χ1n) is 10.3. The van der Waals surface area contributed by atoms with Crippen LogP contribution in [0.4, 0.5) is 5.82 Å². The molecule has 3 atom stereocenters. The summed E-state index contributed by atoms with van der Waals surface area (Å²) in [5, 5.41) is 1.02. The van der Waals surface area contributed by atoms with Crippen LogP contribution in [0.5, 0.6) is 0 Å². The molecule has 2 aromatic heterocycles. The number of nitrogens with zero attached hydrogens (tertiary/aromatic N) is 5. The van der Waals surface area contributed by atoms with Gasteiger partial charge >= 0.3 is 0 Å². The third-order valence-electron chi connectivity index (χ3n) is 6.03. The Morgan fingerprint density at radius 2 is 2.10 bits per heavy atom. The molecule has 0 radical (unpaired) electrons. The number of halogens is 1. The number of nitrogens with two attached hydrogens (primary N) is 1. The minimum absolute atomic E-state index is 0.122. The van der Waals surface area contributed by atoms with Crippen molar-refractivity contribution in [2.24, 2.45) is 10.9 Å². The zero-order valence-electron chi connectivity index (χ0n) is 19.3. The molecular formula is C20H33IN6O3Si. The maximum absolute atomic E-state index is 6.38. The summed E-state index contributed by atoms with van der Waals surface area (Å²) in [6.07, 6.45) is 5.14. The lowest BCUT2D eigenvalue weighted by atomic mass is 10.2. The molecule has 0 saturated carbocycles. The average molecular weight is 561 g/mol. The number of ether oxygens (including phenoxy) is 1. The Bertz CT molecular complexity index is 943. The van der Waals surface area contributed by atoms with Crippen molar-refractivity contribution in [2.45, 2.75) is 63.8 Å². The summed E-state index contributed by atoms with van der Waals surface area (Å²) in [7, 11) is 1.93. The molecule has 2 aromatic rings. The van der Waals surface area contributed by atoms with Crippen LogP contribution in [0, 0.1) is 3.57 Å². The maximum Gasteiger partial charge on any atom is 0.192 e. The van der Waals surface area contributed by atoms with Gasteiger partial charge in [-0.3, -0.25) is 4.84 Å². The van der Waals surface area contributed by atoms with E-state index in [1.165, 1.54) is 6.33 Å². The van der Waals surface area contributed by atoms with E-state index in [0.717, 1.165) is 14.6 Å². The summed E-state index contributed by atoms with van der Waals surface area (Å²) >= 11 is 2.28. The van der Waals surface area contributed by atoms with Crippen LogP contribution in [-0.4, -0.2) is 67.0 Å². The summed E-state index contributed by atoms with van der Waals surface area (Å²) in [6, 6.07) is 0. The van der Waals surface area contributed by atoms with Crippen LogP contribution in [0.2, 0.25) is 18.1 Å². The monoisotopic (exact) mass is 560 g/mol. The minimum Gasteiger partial charge on any atom is -0.414 e. The molecule has 0 aromatic carbocycles. The van der Waals surface area contributed by atoms with Gasteiger partial charge in [0, 0.05) is 30.3 Å². The fourth-order valence-corrected chi connectivity index (χ4v) is 4.98. The van der Waals surface area contributed by atoms with Crippen LogP contribution in [0.1, 0.15) is 33.4 Å². The number of fused-ring (bicyclic) bond motifs is 1. The molecule has 1 saturated heterocycles. The zero-order valence-corrected chi connectivity index (χ0v) is 22.5. The van der Waals surface area contributed by atoms with E-state index in [2.05, 4.69) is 71.4 Å². The molecule has 0 spiro atoms. The lowest BCUT2D eigenvalue weighted by molar-refractivity contribution is -0.0586. The van der Waals surface area contributed by atoms with Gasteiger partial charge in [0.1, 0.15) is 30.4 Å². The quantitative estimate of drug-likeness (QED) is 0.181. The van der Waals surface area contributed by atoms with Gasteiger partial charge in [-0.05, 0) is 40.7 Å². The first-order chi connectivity index (χ1) is 14.4. The largest absolute Gasteiger partial charge is 0.414 e. The molecule has 3 heterocycles. The SMILES string of the molecule is CN(C)/C=N/c1ncnc2c1c(I)cn2[C@H]1C[C@@H](ON)[C@@H](CO[Si](C)(C)C(C)(C)C)O1. The highest BCUT2D eigenvalue weighted by Crippen LogP contribution is 2.39. The van der Waals surface area contributed by atoms with Crippen LogP contribution >= 0.6 is 22.6 Å². The van der Waals surface area contributed by atoms with Crippen LogP contribution in [0.15, 0.2) is 17.5 Å². The van der Waals surface area contributed by atoms with Crippen LogP contribution in [-0.2, 0) is 14.0 Å². The average Bonchev–Trinajstić information content (AvgIpc) is 3.25. The molecule has 3 rings (SSSR count). The number of hydrogen-bond donors (Lipinski definition) is 1. The predicted molar refractivity (Wildman–Crippen MR) is 133 cm³/mol. The fraction of sp³-hybridized carbons (Fsp3) is 0.650. The van der Waals surface area contributed by atoms with E-state index >= 15 is 0 Å². The van der Waals surface area contributed by atoms with Crippen LogP contribution in [0.25, 0.3) is 11.0 Å². The van der Waals surface area contributed by atoms with Crippen molar-refractivity contribution in [3.8, 4) is 0 Å². The van der Waals surface area contributed by atoms with Crippen molar-refractivity contribution < 1.29 is 14.0 Å². The van der Waals surface area contributed by atoms with Crippen molar-refractivity contribution in [2.75, 3.05) is 20.7 Å². The van der Waals surface area contributed by atoms with Crippen LogP contribution in [0.3, 0.4) is 0 Å². The Morgan fingerprint density at radius 1 is 1.39 bits per heavy atom. The predicted octanol–water partition coefficient (Wildman–Crippen LogP) is 3.83. The van der Waals surface area contributed by atoms with Gasteiger partial charge in [0.25, 0.3) is 0 Å². The molecule has 172 valence electrons. The minimum atomic E-state index is -1.91. The summed E-state index contributed by atoms with van der Waals surface area (Å²) < 4.78 is 15.8. The van der Waals surface area contributed by atoms with Gasteiger partial charge in [0.15, 0.2) is 14.1 Å². The molecule has 1 aliphatic heterocycles. The highest BCUT2D eigenvalue weighted by atomic mass is 127. The molecule has 9 nitrogen and oxygen atoms in total. The zero-order chi connectivity index (χ0) is 23.0. The van der Waals surface area contributed by atoms with Crippen molar-refractivity contribution >= 4 is 54.1 Å². The fourth-order valence-electron chi connectivity index (χ4n) is 3.18. The molecule has 0 unspecified atom stereocenters. The van der Waals surface area contributed by atoms with Crippen LogP contribution < -0.4 is 5.90 Å². The Labute approximate surface area is 198 Å². The second-order valence-electron chi connectivity index (χ2n) is 9.60. The van der Waals surface area contributed by atoms with Gasteiger partial charge < -0.3 is 18.6 Å². The van der Waals surface area contributed by atoms with Crippen molar-refractivity contribution in [3.63, 3.8) is 0 Å². The number of hydrogen-bond acceptors (Lipinski definition) is 7. The van der Waals surface area contributed by atoms with E-state index in [4.69, 9.17) is 19.9 Å². The summed E-state index contributed by atoms with van der Waals surface area (Å²) in [6.45, 7) is 11.6. The van der Waals surface area contributed by atoms with E-state index < -0.39 is 8.32 Å². The first kappa shape index (κ1) is 24.5. The van der Waals surface area contributed by atoms with E-state index in [1.807, 2.05) is 29.8 Å². The smallest absolute Gasteiger partial charge is 0.192 e. The standard InChI is InChI=1S/C20H33IN6O3Si/c1-20(2,3)31(6,7)28-10-15-14(30-22)8-16(29-15)27-9-13(21)17-18(25-12-26(4)5)23-11-24-19(17)27/h9,11-12,14-16H,8,10,22H2,1-7H3/b25-12+/t14-,15-,16-/m1/s1. The Hall–Kier alpha value is -1.12. The molecular weight excluding hydrogens is 527 g/mol. The Balaban J connectivity index is 1.84. The molecule has 1 fully saturated rings. The van der Waals surface area contributed by atoms with E-state index in [-0.39, 0.29) is 23.5 Å². The first-order valence-corrected chi connectivity index (χ1v) is 14.3. The van der Waals surface area contributed by atoms with Gasteiger partial charge in [-0.1, -0.05) is 20.8 Å². The van der Waals surface area contributed by atoms with Gasteiger partial charge in [-0.2, -0.15) is 0 Å². The van der Waals surface area contributed by atoms with E-state index in [9.17, 15) is 0 Å². The molecule has 0 aliphatic carbocycles. The maximum atomic E-state index is 6.38. The van der Waals surface area contributed by atoms with E-state index in [0.29, 0.717) is 18.8 Å². The summed E-state index contributed by atoms with van der Waals surface area (Å²) in [4.78, 5) is 20.5. The summed E-state index contributed by atoms with van der Waals surface area (Å²) in [5.41, 5.74) is 0.775. The second-order valence-corrected chi connectivity index (χ2v) is 15.6. The lowest BCUT2D eigenvalue weighted by Crippen LogP contribution is -2.44. The molecule has 0 bridgehead atoms. The third-order valence-corrected chi connectivity index (χ3v) is 11.4. The molecule has 1 aliphatic rings. The van der Waals surface area contributed by atoms with Gasteiger partial charge in [0.05, 0.1) is 18.3 Å². The Morgan fingerprint density at radius 3 is 2.71 bits per heavy atom.